The Hall–Kier alpha value is -1.55. The summed E-state index contributed by atoms with van der Waals surface area (Å²) >= 11 is 0. The Labute approximate surface area is 95.4 Å². The predicted octanol–water partition coefficient (Wildman–Crippen LogP) is 1.64. The van der Waals surface area contributed by atoms with Gasteiger partial charge in [0.15, 0.2) is 0 Å². The molecule has 4 heteroatoms. The number of carbonyl (C=O) groups is 1. The minimum Gasteiger partial charge on any atom is -0.329 e. The molecule has 0 aliphatic heterocycles. The van der Waals surface area contributed by atoms with Gasteiger partial charge in [-0.1, -0.05) is 18.2 Å². The lowest BCUT2D eigenvalue weighted by Crippen LogP contribution is -2.40. The van der Waals surface area contributed by atoms with Crippen molar-refractivity contribution in [2.75, 3.05) is 18.4 Å². The summed E-state index contributed by atoms with van der Waals surface area (Å²) in [5.41, 5.74) is 6.33. The molecule has 16 heavy (non-hydrogen) atoms. The van der Waals surface area contributed by atoms with Crippen molar-refractivity contribution in [3.63, 3.8) is 0 Å². The quantitative estimate of drug-likeness (QED) is 0.808. The van der Waals surface area contributed by atoms with Crippen molar-refractivity contribution in [1.82, 2.24) is 4.90 Å². The smallest absolute Gasteiger partial charge is 0.322 e. The number of anilines is 1. The van der Waals surface area contributed by atoms with E-state index >= 15 is 0 Å². The minimum absolute atomic E-state index is 0.0425. The Morgan fingerprint density at radius 3 is 2.62 bits per heavy atom. The van der Waals surface area contributed by atoms with Crippen LogP contribution in [0.1, 0.15) is 12.8 Å². The molecule has 1 aliphatic carbocycles. The van der Waals surface area contributed by atoms with E-state index in [1.165, 1.54) is 0 Å². The molecule has 0 heterocycles. The molecule has 1 aromatic carbocycles. The number of para-hydroxylation sites is 1. The Morgan fingerprint density at radius 1 is 1.38 bits per heavy atom. The highest BCUT2D eigenvalue weighted by Gasteiger charge is 2.31. The molecule has 0 saturated heterocycles. The first kappa shape index (κ1) is 11.0. The highest BCUT2D eigenvalue weighted by molar-refractivity contribution is 5.89. The van der Waals surface area contributed by atoms with E-state index in [2.05, 4.69) is 5.32 Å². The molecule has 0 aromatic heterocycles. The first-order valence-electron chi connectivity index (χ1n) is 5.64. The van der Waals surface area contributed by atoms with Crippen molar-refractivity contribution < 1.29 is 4.79 Å². The van der Waals surface area contributed by atoms with Gasteiger partial charge in [-0.3, -0.25) is 0 Å². The normalized spacial score (nSPS) is 14.6. The van der Waals surface area contributed by atoms with Crippen LogP contribution in [-0.4, -0.2) is 30.1 Å². The summed E-state index contributed by atoms with van der Waals surface area (Å²) in [5.74, 6) is 0. The van der Waals surface area contributed by atoms with Gasteiger partial charge in [-0.2, -0.15) is 0 Å². The van der Waals surface area contributed by atoms with E-state index in [0.717, 1.165) is 18.5 Å². The van der Waals surface area contributed by atoms with Crippen LogP contribution in [0.3, 0.4) is 0 Å². The molecule has 1 aromatic rings. The monoisotopic (exact) mass is 219 g/mol. The van der Waals surface area contributed by atoms with Crippen LogP contribution in [0.5, 0.6) is 0 Å². The first-order valence-corrected chi connectivity index (χ1v) is 5.64. The number of hydrogen-bond donors (Lipinski definition) is 2. The largest absolute Gasteiger partial charge is 0.329 e. The van der Waals surface area contributed by atoms with Crippen molar-refractivity contribution in [3.05, 3.63) is 30.3 Å². The fourth-order valence-corrected chi connectivity index (χ4v) is 1.69. The van der Waals surface area contributed by atoms with E-state index in [0.29, 0.717) is 19.1 Å². The van der Waals surface area contributed by atoms with Crippen molar-refractivity contribution >= 4 is 11.7 Å². The highest BCUT2D eigenvalue weighted by atomic mass is 16.2. The third-order valence-corrected chi connectivity index (χ3v) is 2.64. The summed E-state index contributed by atoms with van der Waals surface area (Å²) in [4.78, 5) is 13.8. The SMILES string of the molecule is NCCN(C(=O)Nc1ccccc1)C1CC1. The molecule has 0 bridgehead atoms. The zero-order valence-electron chi connectivity index (χ0n) is 9.23. The minimum atomic E-state index is -0.0425. The van der Waals surface area contributed by atoms with Crippen molar-refractivity contribution in [2.45, 2.75) is 18.9 Å². The molecule has 2 amide bonds. The van der Waals surface area contributed by atoms with Gasteiger partial charge in [0.25, 0.3) is 0 Å². The van der Waals surface area contributed by atoms with Gasteiger partial charge < -0.3 is 16.0 Å². The summed E-state index contributed by atoms with van der Waals surface area (Å²) in [6.45, 7) is 1.14. The number of nitrogens with one attached hydrogen (secondary N) is 1. The third kappa shape index (κ3) is 2.73. The summed E-state index contributed by atoms with van der Waals surface area (Å²) in [7, 11) is 0. The zero-order valence-corrected chi connectivity index (χ0v) is 9.23. The maximum atomic E-state index is 11.9. The molecule has 0 radical (unpaired) electrons. The molecule has 2 rings (SSSR count). The second kappa shape index (κ2) is 4.99. The predicted molar refractivity (Wildman–Crippen MR) is 64.2 cm³/mol. The second-order valence-corrected chi connectivity index (χ2v) is 4.01. The van der Waals surface area contributed by atoms with E-state index in [1.54, 1.807) is 0 Å². The van der Waals surface area contributed by atoms with Gasteiger partial charge in [-0.05, 0) is 25.0 Å². The second-order valence-electron chi connectivity index (χ2n) is 4.01. The van der Waals surface area contributed by atoms with Crippen molar-refractivity contribution in [1.29, 1.82) is 0 Å². The van der Waals surface area contributed by atoms with Crippen LogP contribution in [0.4, 0.5) is 10.5 Å². The molecule has 1 fully saturated rings. The Morgan fingerprint density at radius 2 is 2.06 bits per heavy atom. The maximum Gasteiger partial charge on any atom is 0.322 e. The molecular formula is C12H17N3O. The molecule has 0 unspecified atom stereocenters. The van der Waals surface area contributed by atoms with Gasteiger partial charge in [-0.25, -0.2) is 4.79 Å². The van der Waals surface area contributed by atoms with Gasteiger partial charge >= 0.3 is 6.03 Å². The lowest BCUT2D eigenvalue weighted by Gasteiger charge is -2.21. The van der Waals surface area contributed by atoms with Crippen molar-refractivity contribution in [3.8, 4) is 0 Å². The van der Waals surface area contributed by atoms with Gasteiger partial charge in [0, 0.05) is 24.8 Å². The number of hydrogen-bond acceptors (Lipinski definition) is 2. The summed E-state index contributed by atoms with van der Waals surface area (Å²) in [6, 6.07) is 9.84. The third-order valence-electron chi connectivity index (χ3n) is 2.64. The van der Waals surface area contributed by atoms with Crippen LogP contribution < -0.4 is 11.1 Å². The lowest BCUT2D eigenvalue weighted by atomic mass is 10.3. The molecule has 0 atom stereocenters. The average Bonchev–Trinajstić information content (AvgIpc) is 3.11. The van der Waals surface area contributed by atoms with Crippen LogP contribution in [0.15, 0.2) is 30.3 Å². The van der Waals surface area contributed by atoms with Crippen LogP contribution in [0, 0.1) is 0 Å². The van der Waals surface area contributed by atoms with Gasteiger partial charge in [0.2, 0.25) is 0 Å². The van der Waals surface area contributed by atoms with E-state index in [9.17, 15) is 4.79 Å². The Kier molecular flexibility index (Phi) is 3.41. The lowest BCUT2D eigenvalue weighted by molar-refractivity contribution is 0.210. The number of carbonyl (C=O) groups excluding carboxylic acids is 1. The fourth-order valence-electron chi connectivity index (χ4n) is 1.69. The fraction of sp³-hybridized carbons (Fsp3) is 0.417. The maximum absolute atomic E-state index is 11.9. The standard InChI is InChI=1S/C12H17N3O/c13-8-9-15(11-6-7-11)12(16)14-10-4-2-1-3-5-10/h1-5,11H,6-9,13H2,(H,14,16). The molecule has 1 aliphatic rings. The van der Waals surface area contributed by atoms with Gasteiger partial charge in [0.05, 0.1) is 0 Å². The molecule has 4 nitrogen and oxygen atoms in total. The Bertz CT molecular complexity index is 349. The zero-order chi connectivity index (χ0) is 11.4. The number of rotatable bonds is 4. The van der Waals surface area contributed by atoms with Crippen LogP contribution in [0.2, 0.25) is 0 Å². The number of benzene rings is 1. The van der Waals surface area contributed by atoms with Crippen LogP contribution in [-0.2, 0) is 0 Å². The van der Waals surface area contributed by atoms with E-state index in [4.69, 9.17) is 5.73 Å². The van der Waals surface area contributed by atoms with Gasteiger partial charge in [-0.15, -0.1) is 0 Å². The number of nitrogens with zero attached hydrogens (tertiary/aromatic N) is 1. The molecular weight excluding hydrogens is 202 g/mol. The highest BCUT2D eigenvalue weighted by Crippen LogP contribution is 2.27. The first-order chi connectivity index (χ1) is 7.81. The van der Waals surface area contributed by atoms with E-state index in [1.807, 2.05) is 35.2 Å². The molecule has 86 valence electrons. The number of urea groups is 1. The topological polar surface area (TPSA) is 58.4 Å². The van der Waals surface area contributed by atoms with E-state index in [-0.39, 0.29) is 6.03 Å². The summed E-state index contributed by atoms with van der Waals surface area (Å²) in [5, 5.41) is 2.88. The molecule has 1 saturated carbocycles. The van der Waals surface area contributed by atoms with E-state index < -0.39 is 0 Å². The van der Waals surface area contributed by atoms with Gasteiger partial charge in [0.1, 0.15) is 0 Å². The van der Waals surface area contributed by atoms with Crippen LogP contribution in [0.25, 0.3) is 0 Å². The van der Waals surface area contributed by atoms with Crippen LogP contribution >= 0.6 is 0 Å². The average molecular weight is 219 g/mol. The Balaban J connectivity index is 1.95. The summed E-state index contributed by atoms with van der Waals surface area (Å²) in [6.07, 6.45) is 2.20. The number of amides is 2. The molecule has 3 N–H and O–H groups in total. The summed E-state index contributed by atoms with van der Waals surface area (Å²) < 4.78 is 0. The van der Waals surface area contributed by atoms with Crippen molar-refractivity contribution in [2.24, 2.45) is 5.73 Å². The molecule has 0 spiro atoms. The number of nitrogens with two attached hydrogens (primary N) is 1.